The van der Waals surface area contributed by atoms with Gasteiger partial charge in [0.2, 0.25) is 10.0 Å². The predicted octanol–water partition coefficient (Wildman–Crippen LogP) is 3.99. The van der Waals surface area contributed by atoms with Gasteiger partial charge in [-0.1, -0.05) is 29.3 Å². The maximum Gasteiger partial charge on any atom is 0.241 e. The largest absolute Gasteiger partial charge is 0.375 e. The monoisotopic (exact) mass is 373 g/mol. The Morgan fingerprint density at radius 3 is 2.30 bits per heavy atom. The van der Waals surface area contributed by atoms with Gasteiger partial charge >= 0.3 is 0 Å². The van der Waals surface area contributed by atoms with Gasteiger partial charge in [0.1, 0.15) is 6.10 Å². The van der Waals surface area contributed by atoms with Crippen molar-refractivity contribution < 1.29 is 13.2 Å². The number of methoxy groups -OCH3 is 1. The van der Waals surface area contributed by atoms with Gasteiger partial charge in [-0.25, -0.2) is 13.1 Å². The molecule has 1 N–H and O–H groups in total. The Morgan fingerprint density at radius 2 is 1.83 bits per heavy atom. The number of nitrogens with one attached hydrogen (secondary N) is 1. The van der Waals surface area contributed by atoms with Crippen LogP contribution in [0.3, 0.4) is 0 Å². The molecule has 1 aromatic carbocycles. The van der Waals surface area contributed by atoms with Crippen LogP contribution < -0.4 is 4.72 Å². The zero-order valence-corrected chi connectivity index (χ0v) is 15.9. The summed E-state index contributed by atoms with van der Waals surface area (Å²) in [6.45, 7) is 5.72. The Morgan fingerprint density at radius 1 is 1.22 bits per heavy atom. The average Bonchev–Trinajstić information content (AvgIpc) is 2.84. The Labute approximate surface area is 146 Å². The Bertz CT molecular complexity index is 776. The van der Waals surface area contributed by atoms with Crippen LogP contribution in [-0.2, 0) is 14.8 Å². The van der Waals surface area contributed by atoms with Gasteiger partial charge in [-0.15, -0.1) is 11.3 Å². The number of sulfonamides is 1. The quantitative estimate of drug-likeness (QED) is 0.832. The fourth-order valence-electron chi connectivity index (χ4n) is 2.65. The molecule has 0 amide bonds. The van der Waals surface area contributed by atoms with Crippen molar-refractivity contribution in [1.82, 2.24) is 4.72 Å². The first-order valence-electron chi connectivity index (χ1n) is 7.10. The highest BCUT2D eigenvalue weighted by molar-refractivity contribution is 7.89. The van der Waals surface area contributed by atoms with Crippen LogP contribution in [0.1, 0.15) is 27.7 Å². The summed E-state index contributed by atoms with van der Waals surface area (Å²) in [4.78, 5) is 1.22. The van der Waals surface area contributed by atoms with Crippen molar-refractivity contribution in [3.05, 3.63) is 50.2 Å². The zero-order valence-electron chi connectivity index (χ0n) is 13.5. The van der Waals surface area contributed by atoms with Crippen molar-refractivity contribution in [1.29, 1.82) is 0 Å². The van der Waals surface area contributed by atoms with E-state index in [0.29, 0.717) is 9.23 Å². The van der Waals surface area contributed by atoms with Gasteiger partial charge in [0.15, 0.2) is 0 Å². The first-order valence-corrected chi connectivity index (χ1v) is 9.78. The molecule has 0 radical (unpaired) electrons. The topological polar surface area (TPSA) is 55.4 Å². The molecule has 4 nitrogen and oxygen atoms in total. The van der Waals surface area contributed by atoms with Gasteiger partial charge in [0.05, 0.1) is 9.23 Å². The molecule has 2 aromatic rings. The van der Waals surface area contributed by atoms with Crippen LogP contribution in [-0.4, -0.2) is 22.1 Å². The lowest BCUT2D eigenvalue weighted by atomic mass is 10.1. The molecule has 126 valence electrons. The molecule has 0 saturated heterocycles. The Balaban J connectivity index is 2.22. The molecule has 0 aliphatic carbocycles. The normalized spacial score (nSPS) is 13.3. The Kier molecular flexibility index (Phi) is 5.86. The van der Waals surface area contributed by atoms with Crippen molar-refractivity contribution in [3.8, 4) is 0 Å². The molecule has 0 aliphatic rings. The molecular weight excluding hydrogens is 354 g/mol. The maximum atomic E-state index is 12.7. The number of ether oxygens (including phenoxy) is 1. The molecule has 0 aliphatic heterocycles. The van der Waals surface area contributed by atoms with Crippen molar-refractivity contribution in [2.24, 2.45) is 0 Å². The van der Waals surface area contributed by atoms with Crippen molar-refractivity contribution in [2.75, 3.05) is 13.7 Å². The number of aryl methyl sites for hydroxylation is 3. The van der Waals surface area contributed by atoms with Crippen LogP contribution in [0.2, 0.25) is 4.34 Å². The molecule has 1 atom stereocenters. The molecule has 1 aromatic heterocycles. The molecule has 23 heavy (non-hydrogen) atoms. The number of hydrogen-bond acceptors (Lipinski definition) is 4. The SMILES string of the molecule is COC(CNS(=O)(=O)c1c(C)cc(C)cc1C)c1ccc(Cl)s1. The van der Waals surface area contributed by atoms with Crippen LogP contribution in [0, 0.1) is 20.8 Å². The van der Waals surface area contributed by atoms with Crippen molar-refractivity contribution >= 4 is 33.0 Å². The fourth-order valence-corrected chi connectivity index (χ4v) is 5.27. The number of hydrogen-bond donors (Lipinski definition) is 1. The van der Waals surface area contributed by atoms with Gasteiger partial charge < -0.3 is 4.74 Å². The second kappa shape index (κ2) is 7.32. The van der Waals surface area contributed by atoms with Crippen LogP contribution in [0.5, 0.6) is 0 Å². The lowest BCUT2D eigenvalue weighted by Gasteiger charge is -2.17. The van der Waals surface area contributed by atoms with Crippen LogP contribution >= 0.6 is 22.9 Å². The summed E-state index contributed by atoms with van der Waals surface area (Å²) in [5.74, 6) is 0. The van der Waals surface area contributed by atoms with Gasteiger partial charge in [-0.2, -0.15) is 0 Å². The van der Waals surface area contributed by atoms with Gasteiger partial charge in [-0.3, -0.25) is 0 Å². The van der Waals surface area contributed by atoms with E-state index in [9.17, 15) is 8.42 Å². The molecule has 1 heterocycles. The predicted molar refractivity (Wildman–Crippen MR) is 94.9 cm³/mol. The molecule has 0 saturated carbocycles. The number of thiophene rings is 1. The van der Waals surface area contributed by atoms with E-state index in [0.717, 1.165) is 21.6 Å². The molecule has 7 heteroatoms. The van der Waals surface area contributed by atoms with E-state index in [1.54, 1.807) is 27.0 Å². The number of halogens is 1. The first-order chi connectivity index (χ1) is 10.7. The number of rotatable bonds is 6. The minimum Gasteiger partial charge on any atom is -0.375 e. The van der Waals surface area contributed by atoms with E-state index in [4.69, 9.17) is 16.3 Å². The summed E-state index contributed by atoms with van der Waals surface area (Å²) in [7, 11) is -2.05. The van der Waals surface area contributed by atoms with Crippen LogP contribution in [0.4, 0.5) is 0 Å². The summed E-state index contributed by atoms with van der Waals surface area (Å²) in [6, 6.07) is 7.36. The molecule has 1 unspecified atom stereocenters. The summed E-state index contributed by atoms with van der Waals surface area (Å²) in [5.41, 5.74) is 2.52. The van der Waals surface area contributed by atoms with E-state index < -0.39 is 10.0 Å². The smallest absolute Gasteiger partial charge is 0.241 e. The highest BCUT2D eigenvalue weighted by atomic mass is 35.5. The molecule has 2 rings (SSSR count). The van der Waals surface area contributed by atoms with E-state index in [2.05, 4.69) is 4.72 Å². The molecule has 0 fully saturated rings. The number of benzene rings is 1. The minimum absolute atomic E-state index is 0.155. The summed E-state index contributed by atoms with van der Waals surface area (Å²) in [5, 5.41) is 0. The summed E-state index contributed by atoms with van der Waals surface area (Å²) < 4.78 is 34.0. The van der Waals surface area contributed by atoms with Crippen molar-refractivity contribution in [3.63, 3.8) is 0 Å². The third-order valence-corrected chi connectivity index (χ3v) is 6.58. The lowest BCUT2D eigenvalue weighted by molar-refractivity contribution is 0.110. The Hall–Kier alpha value is -0.920. The minimum atomic E-state index is -3.60. The molecular formula is C16H20ClNO3S2. The zero-order chi connectivity index (χ0) is 17.2. The van der Waals surface area contributed by atoms with Crippen molar-refractivity contribution in [2.45, 2.75) is 31.8 Å². The van der Waals surface area contributed by atoms with Gasteiger partial charge in [-0.05, 0) is 44.0 Å². The van der Waals surface area contributed by atoms with E-state index in [1.807, 2.05) is 25.1 Å². The van der Waals surface area contributed by atoms with E-state index in [1.165, 1.54) is 11.3 Å². The second-order valence-corrected chi connectivity index (χ2v) is 8.90. The van der Waals surface area contributed by atoms with Crippen LogP contribution in [0.25, 0.3) is 0 Å². The first kappa shape index (κ1) is 18.4. The van der Waals surface area contributed by atoms with Gasteiger partial charge in [0.25, 0.3) is 0 Å². The molecule has 0 bridgehead atoms. The summed E-state index contributed by atoms with van der Waals surface area (Å²) in [6.07, 6.45) is -0.367. The lowest BCUT2D eigenvalue weighted by Crippen LogP contribution is -2.30. The van der Waals surface area contributed by atoms with Gasteiger partial charge in [0, 0.05) is 18.5 Å². The van der Waals surface area contributed by atoms with E-state index >= 15 is 0 Å². The summed E-state index contributed by atoms with van der Waals surface area (Å²) >= 11 is 7.31. The molecule has 0 spiro atoms. The standard InChI is InChI=1S/C16H20ClNO3S2/c1-10-7-11(2)16(12(3)8-10)23(19,20)18-9-13(21-4)14-5-6-15(17)22-14/h5-8,13,18H,9H2,1-4H3. The highest BCUT2D eigenvalue weighted by Crippen LogP contribution is 2.29. The van der Waals surface area contributed by atoms with Crippen LogP contribution in [0.15, 0.2) is 29.2 Å². The third kappa shape index (κ3) is 4.33. The van der Waals surface area contributed by atoms with E-state index in [-0.39, 0.29) is 12.6 Å². The fraction of sp³-hybridized carbons (Fsp3) is 0.375. The third-order valence-electron chi connectivity index (χ3n) is 3.53. The maximum absolute atomic E-state index is 12.7. The average molecular weight is 374 g/mol. The highest BCUT2D eigenvalue weighted by Gasteiger charge is 2.22. The second-order valence-electron chi connectivity index (χ2n) is 5.45.